The van der Waals surface area contributed by atoms with Crippen molar-refractivity contribution >= 4 is 0 Å². The van der Waals surface area contributed by atoms with Crippen LogP contribution in [0.15, 0.2) is 0 Å². The van der Waals surface area contributed by atoms with Gasteiger partial charge < -0.3 is 10.0 Å². The second-order valence-electron chi connectivity index (χ2n) is 4.40. The van der Waals surface area contributed by atoms with Crippen molar-refractivity contribution in [2.24, 2.45) is 5.92 Å². The van der Waals surface area contributed by atoms with Gasteiger partial charge in [-0.25, -0.2) is 0 Å². The summed E-state index contributed by atoms with van der Waals surface area (Å²) in [6.45, 7) is 10.3. The van der Waals surface area contributed by atoms with E-state index in [2.05, 4.69) is 18.7 Å². The van der Waals surface area contributed by atoms with Crippen LogP contribution in [0.25, 0.3) is 0 Å². The molecule has 1 aliphatic rings. The molecule has 0 atom stereocenters. The summed E-state index contributed by atoms with van der Waals surface area (Å²) in [6, 6.07) is 0.633. The van der Waals surface area contributed by atoms with Crippen LogP contribution in [0.3, 0.4) is 0 Å². The highest BCUT2D eigenvalue weighted by Crippen LogP contribution is 2.27. The highest BCUT2D eigenvalue weighted by atomic mass is 16.3. The predicted octanol–water partition coefficient (Wildman–Crippen LogP) is 1.10. The highest BCUT2D eigenvalue weighted by Gasteiger charge is 2.37. The molecule has 1 heterocycles. The summed E-state index contributed by atoms with van der Waals surface area (Å²) in [4.78, 5) is 2.38. The van der Waals surface area contributed by atoms with Crippen LogP contribution in [0.2, 0.25) is 0 Å². The minimum Gasteiger partial charge on any atom is -0.390 e. The van der Waals surface area contributed by atoms with Gasteiger partial charge in [0.05, 0.1) is 5.60 Å². The van der Waals surface area contributed by atoms with E-state index >= 15 is 0 Å². The van der Waals surface area contributed by atoms with E-state index in [1.54, 1.807) is 0 Å². The molecular formula is C9H19NO. The van der Waals surface area contributed by atoms with Crippen LogP contribution in [0.5, 0.6) is 0 Å². The van der Waals surface area contributed by atoms with Gasteiger partial charge in [0, 0.05) is 25.0 Å². The fourth-order valence-electron chi connectivity index (χ4n) is 1.38. The topological polar surface area (TPSA) is 23.5 Å². The molecule has 0 radical (unpaired) electrons. The van der Waals surface area contributed by atoms with E-state index in [1.807, 2.05) is 13.8 Å². The Bertz CT molecular complexity index is 131. The quantitative estimate of drug-likeness (QED) is 0.649. The Hall–Kier alpha value is -0.0800. The van der Waals surface area contributed by atoms with Crippen molar-refractivity contribution in [3.05, 3.63) is 0 Å². The van der Waals surface area contributed by atoms with Crippen molar-refractivity contribution in [3.63, 3.8) is 0 Å². The van der Waals surface area contributed by atoms with E-state index in [-0.39, 0.29) is 0 Å². The minimum absolute atomic E-state index is 0.477. The fraction of sp³-hybridized carbons (Fsp3) is 1.00. The Kier molecular flexibility index (Phi) is 2.26. The van der Waals surface area contributed by atoms with Gasteiger partial charge in [-0.3, -0.25) is 0 Å². The molecule has 0 spiro atoms. The molecule has 1 aliphatic heterocycles. The molecule has 66 valence electrons. The molecule has 1 saturated heterocycles. The number of rotatable bonds is 2. The van der Waals surface area contributed by atoms with Gasteiger partial charge in [0.15, 0.2) is 0 Å². The maximum Gasteiger partial charge on any atom is 0.0644 e. The summed E-state index contributed by atoms with van der Waals surface area (Å²) in [5.74, 6) is 0.477. The van der Waals surface area contributed by atoms with Gasteiger partial charge >= 0.3 is 0 Å². The molecule has 11 heavy (non-hydrogen) atoms. The van der Waals surface area contributed by atoms with Crippen molar-refractivity contribution in [1.29, 1.82) is 0 Å². The third-order valence-electron chi connectivity index (χ3n) is 2.64. The van der Waals surface area contributed by atoms with E-state index in [0.29, 0.717) is 12.0 Å². The molecule has 0 bridgehead atoms. The predicted molar refractivity (Wildman–Crippen MR) is 46.5 cm³/mol. The molecule has 0 unspecified atom stereocenters. The zero-order chi connectivity index (χ0) is 8.65. The molecule has 1 rings (SSSR count). The Morgan fingerprint density at radius 3 is 2.09 bits per heavy atom. The zero-order valence-electron chi connectivity index (χ0n) is 7.96. The van der Waals surface area contributed by atoms with Crippen molar-refractivity contribution in [2.75, 3.05) is 13.1 Å². The molecule has 2 heteroatoms. The van der Waals surface area contributed by atoms with Crippen molar-refractivity contribution in [3.8, 4) is 0 Å². The van der Waals surface area contributed by atoms with E-state index < -0.39 is 5.60 Å². The Morgan fingerprint density at radius 1 is 1.36 bits per heavy atom. The van der Waals surface area contributed by atoms with Gasteiger partial charge in [-0.05, 0) is 27.7 Å². The summed E-state index contributed by atoms with van der Waals surface area (Å²) in [6.07, 6.45) is 0. The number of aliphatic hydroxyl groups is 1. The molecule has 1 fully saturated rings. The van der Waals surface area contributed by atoms with Gasteiger partial charge in [0.2, 0.25) is 0 Å². The van der Waals surface area contributed by atoms with Crippen LogP contribution in [0.4, 0.5) is 0 Å². The highest BCUT2D eigenvalue weighted by molar-refractivity contribution is 4.91. The fourth-order valence-corrected chi connectivity index (χ4v) is 1.38. The average Bonchev–Trinajstić information content (AvgIpc) is 1.51. The van der Waals surface area contributed by atoms with E-state index in [4.69, 9.17) is 0 Å². The van der Waals surface area contributed by atoms with Gasteiger partial charge in [-0.2, -0.15) is 0 Å². The van der Waals surface area contributed by atoms with E-state index in [9.17, 15) is 5.11 Å². The lowest BCUT2D eigenvalue weighted by atomic mass is 9.84. The summed E-state index contributed by atoms with van der Waals surface area (Å²) in [7, 11) is 0. The van der Waals surface area contributed by atoms with Gasteiger partial charge in [0.25, 0.3) is 0 Å². The lowest BCUT2D eigenvalue weighted by Crippen LogP contribution is -2.57. The summed E-state index contributed by atoms with van der Waals surface area (Å²) >= 11 is 0. The zero-order valence-corrected chi connectivity index (χ0v) is 7.96. The first-order valence-electron chi connectivity index (χ1n) is 4.37. The lowest BCUT2D eigenvalue weighted by molar-refractivity contribution is -0.0718. The number of likely N-dealkylation sites (tertiary alicyclic amines) is 1. The number of nitrogens with zero attached hydrogens (tertiary/aromatic N) is 1. The normalized spacial score (nSPS) is 22.4. The van der Waals surface area contributed by atoms with E-state index in [0.717, 1.165) is 13.1 Å². The molecular weight excluding hydrogens is 138 g/mol. The molecule has 0 saturated carbocycles. The van der Waals surface area contributed by atoms with Crippen LogP contribution in [-0.4, -0.2) is 34.7 Å². The first-order valence-corrected chi connectivity index (χ1v) is 4.37. The molecule has 1 N–H and O–H groups in total. The van der Waals surface area contributed by atoms with Crippen LogP contribution in [0.1, 0.15) is 27.7 Å². The summed E-state index contributed by atoms with van der Waals surface area (Å²) in [5.41, 5.74) is -0.481. The second kappa shape index (κ2) is 2.76. The molecule has 0 aromatic heterocycles. The largest absolute Gasteiger partial charge is 0.390 e. The van der Waals surface area contributed by atoms with Crippen molar-refractivity contribution < 1.29 is 5.11 Å². The maximum atomic E-state index is 9.61. The Labute approximate surface area is 69.2 Å². The van der Waals surface area contributed by atoms with Crippen LogP contribution in [-0.2, 0) is 0 Å². The van der Waals surface area contributed by atoms with Crippen molar-refractivity contribution in [2.45, 2.75) is 39.3 Å². The lowest BCUT2D eigenvalue weighted by Gasteiger charge is -2.47. The summed E-state index contributed by atoms with van der Waals surface area (Å²) < 4.78 is 0. The maximum absolute atomic E-state index is 9.61. The Morgan fingerprint density at radius 2 is 1.82 bits per heavy atom. The van der Waals surface area contributed by atoms with Gasteiger partial charge in [-0.15, -0.1) is 0 Å². The minimum atomic E-state index is -0.481. The SMILES string of the molecule is CC(C)N1CC(C(C)(C)O)C1. The monoisotopic (exact) mass is 157 g/mol. The third kappa shape index (κ3) is 1.94. The van der Waals surface area contributed by atoms with Crippen LogP contribution in [0, 0.1) is 5.92 Å². The molecule has 2 nitrogen and oxygen atoms in total. The van der Waals surface area contributed by atoms with Gasteiger partial charge in [-0.1, -0.05) is 0 Å². The number of hydrogen-bond acceptors (Lipinski definition) is 2. The summed E-state index contributed by atoms with van der Waals surface area (Å²) in [5, 5.41) is 9.61. The van der Waals surface area contributed by atoms with Crippen LogP contribution < -0.4 is 0 Å². The second-order valence-corrected chi connectivity index (χ2v) is 4.40. The first kappa shape index (κ1) is 9.01. The van der Waals surface area contributed by atoms with E-state index in [1.165, 1.54) is 0 Å². The standard InChI is InChI=1S/C9H19NO/c1-7(2)10-5-8(6-10)9(3,4)11/h7-8,11H,5-6H2,1-4H3. The van der Waals surface area contributed by atoms with Crippen molar-refractivity contribution in [1.82, 2.24) is 4.90 Å². The Balaban J connectivity index is 2.30. The molecule has 0 aromatic carbocycles. The van der Waals surface area contributed by atoms with Crippen LogP contribution >= 0.6 is 0 Å². The molecule has 0 aromatic rings. The third-order valence-corrected chi connectivity index (χ3v) is 2.64. The average molecular weight is 157 g/mol. The number of hydrogen-bond donors (Lipinski definition) is 1. The van der Waals surface area contributed by atoms with Gasteiger partial charge in [0.1, 0.15) is 0 Å². The first-order chi connectivity index (χ1) is 4.91. The smallest absolute Gasteiger partial charge is 0.0644 e. The molecule has 0 amide bonds. The molecule has 0 aliphatic carbocycles.